The second kappa shape index (κ2) is 9.96. The minimum Gasteiger partial charge on any atom is -0.385 e. The van der Waals surface area contributed by atoms with Gasteiger partial charge in [-0.2, -0.15) is 0 Å². The summed E-state index contributed by atoms with van der Waals surface area (Å²) < 4.78 is 4.85. The van der Waals surface area contributed by atoms with E-state index in [0.29, 0.717) is 25.6 Å². The van der Waals surface area contributed by atoms with Crippen LogP contribution in [0.15, 0.2) is 0 Å². The number of ketones is 1. The zero-order chi connectivity index (χ0) is 9.40. The average molecular weight is 210 g/mol. The number of rotatable bonds is 7. The topological polar surface area (TPSA) is 38.3 Å². The number of Topliss-reactive ketones (excluding diaryl/α,β-unsaturated/α-hetero) is 1. The third-order valence-corrected chi connectivity index (χ3v) is 1.51. The fourth-order valence-corrected chi connectivity index (χ4v) is 0.820. The summed E-state index contributed by atoms with van der Waals surface area (Å²) in [6.45, 7) is 5.22. The van der Waals surface area contributed by atoms with Crippen LogP contribution in [-0.2, 0) is 9.53 Å². The lowest BCUT2D eigenvalue weighted by Crippen LogP contribution is -2.29. The highest BCUT2D eigenvalue weighted by molar-refractivity contribution is 5.85. The number of carbonyl (C=O) groups excluding carboxylic acids is 1. The van der Waals surface area contributed by atoms with Crippen LogP contribution in [0.1, 0.15) is 26.7 Å². The summed E-state index contributed by atoms with van der Waals surface area (Å²) in [5, 5.41) is 3.08. The first-order valence-corrected chi connectivity index (χ1v) is 4.41. The van der Waals surface area contributed by atoms with Crippen molar-refractivity contribution in [1.82, 2.24) is 5.32 Å². The molecule has 0 saturated carbocycles. The summed E-state index contributed by atoms with van der Waals surface area (Å²) in [4.78, 5) is 11.1. The van der Waals surface area contributed by atoms with Crippen LogP contribution in [0.25, 0.3) is 0 Å². The molecule has 3 nitrogen and oxygen atoms in total. The highest BCUT2D eigenvalue weighted by Crippen LogP contribution is 1.90. The number of ether oxygens (including phenoxy) is 1. The van der Waals surface area contributed by atoms with Gasteiger partial charge in [-0.3, -0.25) is 4.79 Å². The van der Waals surface area contributed by atoms with Crippen molar-refractivity contribution in [3.63, 3.8) is 0 Å². The minimum atomic E-state index is 0. The zero-order valence-electron chi connectivity index (χ0n) is 8.63. The summed E-state index contributed by atoms with van der Waals surface area (Å²) in [7, 11) is 1.65. The molecular weight excluding hydrogens is 190 g/mol. The van der Waals surface area contributed by atoms with E-state index in [-0.39, 0.29) is 18.2 Å². The van der Waals surface area contributed by atoms with E-state index in [9.17, 15) is 4.79 Å². The molecule has 80 valence electrons. The van der Waals surface area contributed by atoms with Crippen LogP contribution < -0.4 is 5.32 Å². The Labute approximate surface area is 86.6 Å². The van der Waals surface area contributed by atoms with E-state index < -0.39 is 0 Å². The van der Waals surface area contributed by atoms with Gasteiger partial charge in [0.1, 0.15) is 5.78 Å². The third-order valence-electron chi connectivity index (χ3n) is 1.51. The van der Waals surface area contributed by atoms with Crippen LogP contribution in [-0.4, -0.2) is 32.1 Å². The van der Waals surface area contributed by atoms with Gasteiger partial charge in [0, 0.05) is 26.2 Å². The maximum atomic E-state index is 11.1. The van der Waals surface area contributed by atoms with E-state index in [4.69, 9.17) is 4.74 Å². The monoisotopic (exact) mass is 209 g/mol. The smallest absolute Gasteiger partial charge is 0.146 e. The van der Waals surface area contributed by atoms with Gasteiger partial charge >= 0.3 is 0 Å². The molecule has 0 aliphatic carbocycles. The number of hydrogen-bond donors (Lipinski definition) is 1. The molecule has 0 fully saturated rings. The van der Waals surface area contributed by atoms with Gasteiger partial charge in [0.15, 0.2) is 0 Å². The first kappa shape index (κ1) is 15.4. The summed E-state index contributed by atoms with van der Waals surface area (Å²) in [5.74, 6) is 0.265. The van der Waals surface area contributed by atoms with Crippen LogP contribution in [0.5, 0.6) is 0 Å². The molecule has 0 aliphatic rings. The van der Waals surface area contributed by atoms with E-state index in [1.165, 1.54) is 0 Å². The van der Waals surface area contributed by atoms with Crippen LogP contribution in [0, 0.1) is 0 Å². The Kier molecular flexibility index (Phi) is 11.8. The Hall–Kier alpha value is -0.120. The highest BCUT2D eigenvalue weighted by Gasteiger charge is 2.01. The van der Waals surface area contributed by atoms with Crippen molar-refractivity contribution in [3.8, 4) is 0 Å². The predicted octanol–water partition coefficient (Wildman–Crippen LogP) is 1.40. The lowest BCUT2D eigenvalue weighted by molar-refractivity contribution is -0.118. The van der Waals surface area contributed by atoms with Gasteiger partial charge in [0.25, 0.3) is 0 Å². The van der Waals surface area contributed by atoms with E-state index in [1.54, 1.807) is 7.11 Å². The van der Waals surface area contributed by atoms with Crippen LogP contribution in [0.4, 0.5) is 0 Å². The molecule has 1 N–H and O–H groups in total. The molecule has 0 aliphatic heterocycles. The molecule has 0 aromatic carbocycles. The van der Waals surface area contributed by atoms with E-state index in [1.807, 2.05) is 13.8 Å². The Morgan fingerprint density at radius 3 is 2.54 bits per heavy atom. The van der Waals surface area contributed by atoms with Crippen molar-refractivity contribution < 1.29 is 9.53 Å². The van der Waals surface area contributed by atoms with Crippen molar-refractivity contribution in [3.05, 3.63) is 0 Å². The van der Waals surface area contributed by atoms with Gasteiger partial charge in [-0.1, -0.05) is 13.8 Å². The Morgan fingerprint density at radius 1 is 1.46 bits per heavy atom. The van der Waals surface area contributed by atoms with E-state index in [2.05, 4.69) is 5.32 Å². The molecule has 0 radical (unpaired) electrons. The summed E-state index contributed by atoms with van der Waals surface area (Å²) in [6, 6.07) is 0.386. The number of methoxy groups -OCH3 is 1. The fourth-order valence-electron chi connectivity index (χ4n) is 0.820. The molecule has 0 aromatic heterocycles. The highest BCUT2D eigenvalue weighted by atomic mass is 35.5. The lowest BCUT2D eigenvalue weighted by Gasteiger charge is -2.06. The second-order valence-electron chi connectivity index (χ2n) is 3.17. The molecule has 0 rings (SSSR count). The molecular formula is C9H20ClNO2. The molecule has 0 saturated heterocycles. The quantitative estimate of drug-likeness (QED) is 0.645. The Morgan fingerprint density at radius 2 is 2.08 bits per heavy atom. The van der Waals surface area contributed by atoms with Gasteiger partial charge in [-0.25, -0.2) is 0 Å². The van der Waals surface area contributed by atoms with Crippen molar-refractivity contribution >= 4 is 18.2 Å². The molecule has 0 atom stereocenters. The number of carbonyl (C=O) groups is 1. The molecule has 0 amide bonds. The predicted molar refractivity (Wildman–Crippen MR) is 56.5 cm³/mol. The average Bonchev–Trinajstić information content (AvgIpc) is 2.01. The second-order valence-corrected chi connectivity index (χ2v) is 3.17. The van der Waals surface area contributed by atoms with Gasteiger partial charge in [-0.15, -0.1) is 12.4 Å². The molecule has 4 heteroatoms. The summed E-state index contributed by atoms with van der Waals surface area (Å²) in [5.41, 5.74) is 0. The first-order valence-electron chi connectivity index (χ1n) is 4.41. The lowest BCUT2D eigenvalue weighted by atomic mass is 10.2. The number of halogens is 1. The molecule has 0 heterocycles. The summed E-state index contributed by atoms with van der Waals surface area (Å²) in [6.07, 6.45) is 1.45. The van der Waals surface area contributed by atoms with Gasteiger partial charge in [-0.05, 0) is 6.42 Å². The van der Waals surface area contributed by atoms with Crippen molar-refractivity contribution in [2.75, 3.05) is 20.3 Å². The van der Waals surface area contributed by atoms with Crippen molar-refractivity contribution in [2.45, 2.75) is 32.7 Å². The molecule has 0 bridgehead atoms. The molecule has 0 aromatic rings. The van der Waals surface area contributed by atoms with E-state index >= 15 is 0 Å². The molecule has 13 heavy (non-hydrogen) atoms. The Bertz CT molecular complexity index is 129. The van der Waals surface area contributed by atoms with Crippen LogP contribution >= 0.6 is 12.4 Å². The Balaban J connectivity index is 0. The minimum absolute atomic E-state index is 0. The maximum absolute atomic E-state index is 11.1. The molecule has 0 unspecified atom stereocenters. The standard InChI is InChI=1S/C9H19NO2.ClH/c1-8(2)10-7-9(11)5-4-6-12-3;/h8,10H,4-7H2,1-3H3;1H. The van der Waals surface area contributed by atoms with Crippen LogP contribution in [0.2, 0.25) is 0 Å². The maximum Gasteiger partial charge on any atom is 0.146 e. The number of nitrogens with one attached hydrogen (secondary N) is 1. The SMILES string of the molecule is COCCCC(=O)CNC(C)C.Cl. The zero-order valence-corrected chi connectivity index (χ0v) is 9.45. The first-order chi connectivity index (χ1) is 5.66. The van der Waals surface area contributed by atoms with Gasteiger partial charge in [0.05, 0.1) is 6.54 Å². The fraction of sp³-hybridized carbons (Fsp3) is 0.889. The summed E-state index contributed by atoms with van der Waals surface area (Å²) >= 11 is 0. The van der Waals surface area contributed by atoms with Crippen molar-refractivity contribution in [1.29, 1.82) is 0 Å². The molecule has 0 spiro atoms. The third kappa shape index (κ3) is 11.9. The number of hydrogen-bond acceptors (Lipinski definition) is 3. The van der Waals surface area contributed by atoms with Gasteiger partial charge < -0.3 is 10.1 Å². The van der Waals surface area contributed by atoms with E-state index in [0.717, 1.165) is 6.42 Å². The van der Waals surface area contributed by atoms with Crippen molar-refractivity contribution in [2.24, 2.45) is 0 Å². The normalized spacial score (nSPS) is 9.85. The van der Waals surface area contributed by atoms with Crippen LogP contribution in [0.3, 0.4) is 0 Å². The largest absolute Gasteiger partial charge is 0.385 e. The van der Waals surface area contributed by atoms with Gasteiger partial charge in [0.2, 0.25) is 0 Å².